The van der Waals surface area contributed by atoms with Gasteiger partial charge in [0.15, 0.2) is 0 Å². The Labute approximate surface area is 138 Å². The van der Waals surface area contributed by atoms with Gasteiger partial charge in [-0.05, 0) is 53.4 Å². The van der Waals surface area contributed by atoms with Gasteiger partial charge in [-0.1, -0.05) is 6.92 Å². The maximum Gasteiger partial charge on any atom is 0.407 e. The molecule has 0 spiro atoms. The molecular formula is C17H30N4O2. The molecule has 0 unspecified atom stereocenters. The summed E-state index contributed by atoms with van der Waals surface area (Å²) in [4.78, 5) is 11.8. The lowest BCUT2D eigenvalue weighted by atomic mass is 10.0. The van der Waals surface area contributed by atoms with Crippen LogP contribution in [-0.2, 0) is 10.3 Å². The summed E-state index contributed by atoms with van der Waals surface area (Å²) in [6.07, 6.45) is 3.21. The highest BCUT2D eigenvalue weighted by atomic mass is 16.6. The summed E-state index contributed by atoms with van der Waals surface area (Å²) >= 11 is 0. The minimum absolute atomic E-state index is 0.0370. The molecule has 1 heterocycles. The normalized spacial score (nSPS) is 22.8. The molecule has 3 N–H and O–H groups in total. The van der Waals surface area contributed by atoms with Crippen molar-refractivity contribution in [2.24, 2.45) is 0 Å². The Bertz CT molecular complexity index is 547. The largest absolute Gasteiger partial charge is 0.446 e. The first kappa shape index (κ1) is 17.6. The van der Waals surface area contributed by atoms with Crippen molar-refractivity contribution in [1.82, 2.24) is 15.1 Å². The number of hydrogen-bond acceptors (Lipinski definition) is 4. The zero-order valence-corrected chi connectivity index (χ0v) is 14.9. The molecule has 1 saturated carbocycles. The molecule has 6 nitrogen and oxygen atoms in total. The van der Waals surface area contributed by atoms with Crippen molar-refractivity contribution < 1.29 is 9.53 Å². The number of nitrogens with zero attached hydrogens (tertiary/aromatic N) is 2. The highest BCUT2D eigenvalue weighted by Gasteiger charge is 2.31. The number of nitrogens with one attached hydrogen (secondary N) is 1. The van der Waals surface area contributed by atoms with Gasteiger partial charge in [0.05, 0.1) is 11.2 Å². The standard InChI is InChI=1S/C17H30N4O2/c1-6-11(2)19-16(22)23-13-8-7-12(9-13)14-10-15(18)21(20-14)17(3,4)5/h10-13H,6-9,18H2,1-5H3,(H,19,22)/t11-,12-,13+/m0/s1. The van der Waals surface area contributed by atoms with Gasteiger partial charge in [-0.2, -0.15) is 5.10 Å². The third-order valence-electron chi connectivity index (χ3n) is 4.44. The fraction of sp³-hybridized carbons (Fsp3) is 0.765. The maximum atomic E-state index is 11.8. The summed E-state index contributed by atoms with van der Waals surface area (Å²) in [7, 11) is 0. The summed E-state index contributed by atoms with van der Waals surface area (Å²) in [6, 6.07) is 2.10. The fourth-order valence-corrected chi connectivity index (χ4v) is 2.96. The van der Waals surface area contributed by atoms with E-state index < -0.39 is 0 Å². The number of anilines is 1. The first-order valence-corrected chi connectivity index (χ1v) is 8.53. The van der Waals surface area contributed by atoms with Crippen molar-refractivity contribution in [2.75, 3.05) is 5.73 Å². The van der Waals surface area contributed by atoms with E-state index in [0.29, 0.717) is 11.7 Å². The molecule has 2 rings (SSSR count). The highest BCUT2D eigenvalue weighted by molar-refractivity contribution is 5.67. The molecule has 1 amide bonds. The number of alkyl carbamates (subject to hydrolysis) is 1. The lowest BCUT2D eigenvalue weighted by Crippen LogP contribution is -2.34. The molecule has 1 aromatic heterocycles. The molecule has 1 fully saturated rings. The Kier molecular flexibility index (Phi) is 5.22. The molecule has 0 saturated heterocycles. The SMILES string of the molecule is CC[C@H](C)NC(=O)O[C@@H]1CC[C@H](c2cc(N)n(C(C)(C)C)n2)C1. The number of amides is 1. The van der Waals surface area contributed by atoms with Crippen molar-refractivity contribution >= 4 is 11.9 Å². The zero-order chi connectivity index (χ0) is 17.2. The first-order valence-electron chi connectivity index (χ1n) is 8.53. The Hall–Kier alpha value is -1.72. The average molecular weight is 322 g/mol. The van der Waals surface area contributed by atoms with E-state index in [2.05, 4.69) is 31.2 Å². The van der Waals surface area contributed by atoms with Crippen LogP contribution in [0.4, 0.5) is 10.6 Å². The first-order chi connectivity index (χ1) is 10.7. The van der Waals surface area contributed by atoms with Crippen LogP contribution >= 0.6 is 0 Å². The number of nitrogen functional groups attached to an aromatic ring is 1. The Morgan fingerprint density at radius 3 is 2.78 bits per heavy atom. The minimum atomic E-state index is -0.315. The van der Waals surface area contributed by atoms with E-state index >= 15 is 0 Å². The number of aromatic nitrogens is 2. The van der Waals surface area contributed by atoms with E-state index in [4.69, 9.17) is 10.5 Å². The minimum Gasteiger partial charge on any atom is -0.446 e. The van der Waals surface area contributed by atoms with E-state index in [9.17, 15) is 4.79 Å². The summed E-state index contributed by atoms with van der Waals surface area (Å²) < 4.78 is 7.39. The van der Waals surface area contributed by atoms with Crippen LogP contribution in [0.3, 0.4) is 0 Å². The van der Waals surface area contributed by atoms with E-state index in [1.54, 1.807) is 0 Å². The second-order valence-electron chi connectivity index (χ2n) is 7.57. The predicted molar refractivity (Wildman–Crippen MR) is 91.4 cm³/mol. The van der Waals surface area contributed by atoms with Crippen LogP contribution in [0.15, 0.2) is 6.07 Å². The highest BCUT2D eigenvalue weighted by Crippen LogP contribution is 2.36. The molecule has 6 heteroatoms. The van der Waals surface area contributed by atoms with Crippen LogP contribution in [-0.4, -0.2) is 28.0 Å². The van der Waals surface area contributed by atoms with E-state index in [1.165, 1.54) is 0 Å². The molecule has 23 heavy (non-hydrogen) atoms. The van der Waals surface area contributed by atoms with Gasteiger partial charge in [0.25, 0.3) is 0 Å². The second-order valence-corrected chi connectivity index (χ2v) is 7.57. The average Bonchev–Trinajstić information content (AvgIpc) is 3.04. The molecule has 0 aliphatic heterocycles. The van der Waals surface area contributed by atoms with Crippen molar-refractivity contribution in [3.8, 4) is 0 Å². The Balaban J connectivity index is 1.94. The van der Waals surface area contributed by atoms with Crippen molar-refractivity contribution in [1.29, 1.82) is 0 Å². The van der Waals surface area contributed by atoms with Gasteiger partial charge < -0.3 is 15.8 Å². The number of carbonyl (C=O) groups is 1. The molecular weight excluding hydrogens is 292 g/mol. The van der Waals surface area contributed by atoms with E-state index in [-0.39, 0.29) is 23.8 Å². The van der Waals surface area contributed by atoms with Crippen molar-refractivity contribution in [2.45, 2.75) is 83.9 Å². The molecule has 3 atom stereocenters. The Morgan fingerprint density at radius 2 is 2.22 bits per heavy atom. The third-order valence-corrected chi connectivity index (χ3v) is 4.44. The summed E-state index contributed by atoms with van der Waals surface area (Å²) in [5.41, 5.74) is 6.96. The lowest BCUT2D eigenvalue weighted by Gasteiger charge is -2.20. The van der Waals surface area contributed by atoms with Crippen LogP contribution in [0.2, 0.25) is 0 Å². The van der Waals surface area contributed by atoms with Crippen LogP contribution in [0.5, 0.6) is 0 Å². The number of hydrogen-bond donors (Lipinski definition) is 2. The number of nitrogens with two attached hydrogens (primary N) is 1. The number of rotatable bonds is 4. The molecule has 1 aromatic rings. The third kappa shape index (κ3) is 4.39. The summed E-state index contributed by atoms with van der Waals surface area (Å²) in [6.45, 7) is 10.3. The zero-order valence-electron chi connectivity index (χ0n) is 14.9. The molecule has 0 bridgehead atoms. The lowest BCUT2D eigenvalue weighted by molar-refractivity contribution is 0.0974. The molecule has 0 radical (unpaired) electrons. The smallest absolute Gasteiger partial charge is 0.407 e. The Morgan fingerprint density at radius 1 is 1.52 bits per heavy atom. The van der Waals surface area contributed by atoms with Gasteiger partial charge in [0.1, 0.15) is 11.9 Å². The van der Waals surface area contributed by atoms with E-state index in [0.717, 1.165) is 31.4 Å². The van der Waals surface area contributed by atoms with Gasteiger partial charge in [0, 0.05) is 18.0 Å². The van der Waals surface area contributed by atoms with Gasteiger partial charge >= 0.3 is 6.09 Å². The van der Waals surface area contributed by atoms with Gasteiger partial charge in [0.2, 0.25) is 0 Å². The van der Waals surface area contributed by atoms with Crippen LogP contribution in [0.1, 0.15) is 71.9 Å². The maximum absolute atomic E-state index is 11.8. The second kappa shape index (κ2) is 6.81. The molecule has 0 aromatic carbocycles. The van der Waals surface area contributed by atoms with Crippen LogP contribution in [0.25, 0.3) is 0 Å². The van der Waals surface area contributed by atoms with Crippen molar-refractivity contribution in [3.63, 3.8) is 0 Å². The predicted octanol–water partition coefficient (Wildman–Crippen LogP) is 3.38. The quantitative estimate of drug-likeness (QED) is 0.890. The van der Waals surface area contributed by atoms with Gasteiger partial charge in [-0.3, -0.25) is 0 Å². The van der Waals surface area contributed by atoms with Gasteiger partial charge in [-0.25, -0.2) is 9.48 Å². The molecule has 130 valence electrons. The van der Waals surface area contributed by atoms with Crippen molar-refractivity contribution in [3.05, 3.63) is 11.8 Å². The number of ether oxygens (including phenoxy) is 1. The van der Waals surface area contributed by atoms with Crippen LogP contribution in [0, 0.1) is 0 Å². The van der Waals surface area contributed by atoms with Crippen LogP contribution < -0.4 is 11.1 Å². The molecule has 1 aliphatic carbocycles. The van der Waals surface area contributed by atoms with Gasteiger partial charge in [-0.15, -0.1) is 0 Å². The molecule has 1 aliphatic rings. The number of carbonyl (C=O) groups excluding carboxylic acids is 1. The topological polar surface area (TPSA) is 82.2 Å². The summed E-state index contributed by atoms with van der Waals surface area (Å²) in [5.74, 6) is 0.994. The fourth-order valence-electron chi connectivity index (χ4n) is 2.96. The summed E-state index contributed by atoms with van der Waals surface area (Å²) in [5, 5.41) is 7.52. The van der Waals surface area contributed by atoms with E-state index in [1.807, 2.05) is 24.6 Å². The monoisotopic (exact) mass is 322 g/mol.